The Morgan fingerprint density at radius 1 is 1.24 bits per heavy atom. The fourth-order valence-corrected chi connectivity index (χ4v) is 1.03. The first-order chi connectivity index (χ1) is 8.29. The topological polar surface area (TPSA) is 49.7 Å². The van der Waals surface area contributed by atoms with Crippen molar-refractivity contribution >= 4 is 0 Å². The zero-order chi connectivity index (χ0) is 13.5. The molecule has 0 saturated carbocycles. The maximum Gasteiger partial charge on any atom is 0.122 e. The third kappa shape index (κ3) is 9.60. The second kappa shape index (κ2) is 14.7. The van der Waals surface area contributed by atoms with E-state index in [0.717, 1.165) is 11.3 Å². The smallest absolute Gasteiger partial charge is 0.122 e. The first kappa shape index (κ1) is 18.1. The highest BCUT2D eigenvalue weighted by atomic mass is 16.5. The quantitative estimate of drug-likeness (QED) is 0.795. The van der Waals surface area contributed by atoms with E-state index in [0.29, 0.717) is 6.42 Å². The molecule has 17 heavy (non-hydrogen) atoms. The molecule has 0 amide bonds. The molecule has 0 aliphatic heterocycles. The summed E-state index contributed by atoms with van der Waals surface area (Å²) in [6.45, 7) is 7.48. The van der Waals surface area contributed by atoms with Crippen molar-refractivity contribution in [2.75, 3.05) is 20.3 Å². The first-order valence-corrected chi connectivity index (χ1v) is 5.74. The highest BCUT2D eigenvalue weighted by Crippen LogP contribution is 2.16. The molecule has 0 spiro atoms. The minimum absolute atomic E-state index is 0.0833. The summed E-state index contributed by atoms with van der Waals surface area (Å²) in [6, 6.07) is 7.70. The van der Waals surface area contributed by atoms with Gasteiger partial charge in [-0.15, -0.1) is 6.58 Å². The summed E-state index contributed by atoms with van der Waals surface area (Å²) < 4.78 is 5.09. The number of hydrogen-bond donors (Lipinski definition) is 2. The molecule has 2 N–H and O–H groups in total. The number of hydrogen-bond acceptors (Lipinski definition) is 3. The van der Waals surface area contributed by atoms with E-state index in [-0.39, 0.29) is 13.2 Å². The number of benzene rings is 1. The summed E-state index contributed by atoms with van der Waals surface area (Å²) in [6.07, 6.45) is 2.09. The van der Waals surface area contributed by atoms with Gasteiger partial charge >= 0.3 is 0 Å². The van der Waals surface area contributed by atoms with Crippen LogP contribution in [0.15, 0.2) is 36.9 Å². The number of rotatable bonds is 4. The van der Waals surface area contributed by atoms with Gasteiger partial charge in [-0.3, -0.25) is 0 Å². The van der Waals surface area contributed by atoms with Crippen LogP contribution in [0.3, 0.4) is 0 Å². The van der Waals surface area contributed by atoms with Gasteiger partial charge in [-0.05, 0) is 18.1 Å². The van der Waals surface area contributed by atoms with Crippen molar-refractivity contribution in [3.05, 3.63) is 42.5 Å². The molecule has 0 heterocycles. The molecule has 1 aromatic carbocycles. The SMILES string of the molecule is C=CCO.CC.COc1ccccc1CCO. The summed E-state index contributed by atoms with van der Waals surface area (Å²) >= 11 is 0. The van der Waals surface area contributed by atoms with Crippen molar-refractivity contribution in [1.82, 2.24) is 0 Å². The molecule has 1 rings (SSSR count). The van der Waals surface area contributed by atoms with Crippen molar-refractivity contribution in [3.8, 4) is 5.75 Å². The molecule has 3 heteroatoms. The zero-order valence-corrected chi connectivity index (χ0v) is 11.0. The minimum Gasteiger partial charge on any atom is -0.496 e. The Balaban J connectivity index is 0. The highest BCUT2D eigenvalue weighted by Gasteiger charge is 1.98. The maximum absolute atomic E-state index is 8.68. The van der Waals surface area contributed by atoms with E-state index in [9.17, 15) is 0 Å². The van der Waals surface area contributed by atoms with Gasteiger partial charge in [-0.1, -0.05) is 38.1 Å². The van der Waals surface area contributed by atoms with Crippen LogP contribution in [-0.4, -0.2) is 30.5 Å². The Bertz CT molecular complexity index is 272. The monoisotopic (exact) mass is 240 g/mol. The molecule has 0 aliphatic rings. The van der Waals surface area contributed by atoms with Crippen molar-refractivity contribution in [2.24, 2.45) is 0 Å². The van der Waals surface area contributed by atoms with Crippen LogP contribution >= 0.6 is 0 Å². The van der Waals surface area contributed by atoms with Crippen molar-refractivity contribution in [1.29, 1.82) is 0 Å². The molecule has 3 nitrogen and oxygen atoms in total. The Labute approximate surface area is 104 Å². The van der Waals surface area contributed by atoms with Crippen LogP contribution in [0.1, 0.15) is 19.4 Å². The van der Waals surface area contributed by atoms with Crippen LogP contribution < -0.4 is 4.74 Å². The van der Waals surface area contributed by atoms with Crippen LogP contribution in [0.4, 0.5) is 0 Å². The molecule has 0 aliphatic carbocycles. The second-order valence-electron chi connectivity index (χ2n) is 2.76. The molecule has 1 aromatic rings. The normalized spacial score (nSPS) is 8.06. The molecule has 0 radical (unpaired) electrons. The van der Waals surface area contributed by atoms with Crippen LogP contribution in [0, 0.1) is 0 Å². The Kier molecular flexibility index (Phi) is 15.6. The van der Waals surface area contributed by atoms with Crippen LogP contribution in [-0.2, 0) is 6.42 Å². The van der Waals surface area contributed by atoms with E-state index < -0.39 is 0 Å². The number of aliphatic hydroxyl groups excluding tert-OH is 2. The number of methoxy groups -OCH3 is 1. The first-order valence-electron chi connectivity index (χ1n) is 5.74. The van der Waals surface area contributed by atoms with Crippen LogP contribution in [0.2, 0.25) is 0 Å². The molecule has 0 saturated heterocycles. The Morgan fingerprint density at radius 2 is 1.76 bits per heavy atom. The average Bonchev–Trinajstić information content (AvgIpc) is 2.42. The lowest BCUT2D eigenvalue weighted by molar-refractivity contribution is 0.296. The van der Waals surface area contributed by atoms with E-state index in [1.165, 1.54) is 6.08 Å². The van der Waals surface area contributed by atoms with Gasteiger partial charge in [0.15, 0.2) is 0 Å². The molecule has 98 valence electrons. The summed E-state index contributed by atoms with van der Waals surface area (Å²) in [5, 5.41) is 16.4. The maximum atomic E-state index is 8.68. The van der Waals surface area contributed by atoms with E-state index in [1.807, 2.05) is 38.1 Å². The molecular formula is C14H24O3. The lowest BCUT2D eigenvalue weighted by Gasteiger charge is -2.05. The fraction of sp³-hybridized carbons (Fsp3) is 0.429. The van der Waals surface area contributed by atoms with E-state index in [2.05, 4.69) is 6.58 Å². The largest absolute Gasteiger partial charge is 0.496 e. The van der Waals surface area contributed by atoms with Gasteiger partial charge in [-0.25, -0.2) is 0 Å². The third-order valence-corrected chi connectivity index (χ3v) is 1.70. The Morgan fingerprint density at radius 3 is 2.18 bits per heavy atom. The standard InChI is InChI=1S/C9H12O2.C3H6O.C2H6/c1-11-9-5-3-2-4-8(9)6-7-10;1-2-3-4;1-2/h2-5,10H,6-7H2,1H3;2,4H,1,3H2;1-2H3. The zero-order valence-electron chi connectivity index (χ0n) is 11.0. The molecule has 0 unspecified atom stereocenters. The van der Waals surface area contributed by atoms with Gasteiger partial charge < -0.3 is 14.9 Å². The summed E-state index contributed by atoms with van der Waals surface area (Å²) in [4.78, 5) is 0. The van der Waals surface area contributed by atoms with E-state index in [4.69, 9.17) is 14.9 Å². The van der Waals surface area contributed by atoms with Gasteiger partial charge in [-0.2, -0.15) is 0 Å². The van der Waals surface area contributed by atoms with Crippen molar-refractivity contribution in [2.45, 2.75) is 20.3 Å². The summed E-state index contributed by atoms with van der Waals surface area (Å²) in [7, 11) is 1.64. The molecule has 0 aromatic heterocycles. The van der Waals surface area contributed by atoms with Crippen LogP contribution in [0.5, 0.6) is 5.75 Å². The minimum atomic E-state index is 0.0833. The van der Waals surface area contributed by atoms with Gasteiger partial charge in [0.1, 0.15) is 5.75 Å². The van der Waals surface area contributed by atoms with Gasteiger partial charge in [0.2, 0.25) is 0 Å². The van der Waals surface area contributed by atoms with Gasteiger partial charge in [0.25, 0.3) is 0 Å². The van der Waals surface area contributed by atoms with Gasteiger partial charge in [0.05, 0.1) is 13.7 Å². The summed E-state index contributed by atoms with van der Waals surface area (Å²) in [5.41, 5.74) is 1.05. The number of ether oxygens (including phenoxy) is 1. The fourth-order valence-electron chi connectivity index (χ4n) is 1.03. The van der Waals surface area contributed by atoms with Crippen molar-refractivity contribution < 1.29 is 14.9 Å². The highest BCUT2D eigenvalue weighted by molar-refractivity contribution is 5.33. The summed E-state index contributed by atoms with van der Waals surface area (Å²) in [5.74, 6) is 0.849. The van der Waals surface area contributed by atoms with Crippen LogP contribution in [0.25, 0.3) is 0 Å². The molecule has 0 fully saturated rings. The molecular weight excluding hydrogens is 216 g/mol. The lowest BCUT2D eigenvalue weighted by atomic mass is 10.1. The average molecular weight is 240 g/mol. The predicted octanol–water partition coefficient (Wildman–Crippen LogP) is 2.42. The number of para-hydroxylation sites is 1. The molecule has 0 atom stereocenters. The molecule has 0 bridgehead atoms. The Hall–Kier alpha value is -1.32. The van der Waals surface area contributed by atoms with Gasteiger partial charge in [0, 0.05) is 6.61 Å². The second-order valence-corrected chi connectivity index (χ2v) is 2.76. The van der Waals surface area contributed by atoms with E-state index in [1.54, 1.807) is 7.11 Å². The predicted molar refractivity (Wildman–Crippen MR) is 72.4 cm³/mol. The van der Waals surface area contributed by atoms with E-state index >= 15 is 0 Å². The lowest BCUT2D eigenvalue weighted by Crippen LogP contribution is -1.94. The van der Waals surface area contributed by atoms with Crippen molar-refractivity contribution in [3.63, 3.8) is 0 Å². The third-order valence-electron chi connectivity index (χ3n) is 1.70. The number of aliphatic hydroxyl groups is 2.